The molecule has 3 aliphatic rings. The first-order chi connectivity index (χ1) is 5.95. The third-order valence-electron chi connectivity index (χ3n) is 2.68. The van der Waals surface area contributed by atoms with Gasteiger partial charge in [-0.2, -0.15) is 0 Å². The Hall–Kier alpha value is -1.08. The molecule has 2 unspecified atom stereocenters. The van der Waals surface area contributed by atoms with Gasteiger partial charge in [-0.25, -0.2) is 0 Å². The molecule has 1 aromatic rings. The van der Waals surface area contributed by atoms with Crippen molar-refractivity contribution in [2.75, 3.05) is 6.61 Å². The summed E-state index contributed by atoms with van der Waals surface area (Å²) < 4.78 is 5.62. The number of fused-ring (bicyclic) bond motifs is 1. The summed E-state index contributed by atoms with van der Waals surface area (Å²) in [6.07, 6.45) is 4.65. The van der Waals surface area contributed by atoms with Gasteiger partial charge in [0, 0.05) is 5.92 Å². The molecule has 0 amide bonds. The van der Waals surface area contributed by atoms with Gasteiger partial charge in [-0.05, 0) is 11.1 Å². The summed E-state index contributed by atoms with van der Waals surface area (Å²) in [5, 5.41) is 0. The van der Waals surface area contributed by atoms with Gasteiger partial charge < -0.3 is 4.74 Å². The summed E-state index contributed by atoms with van der Waals surface area (Å²) in [7, 11) is 0. The van der Waals surface area contributed by atoms with Crippen molar-refractivity contribution in [1.29, 1.82) is 0 Å². The molecule has 2 heterocycles. The van der Waals surface area contributed by atoms with Gasteiger partial charge in [0.15, 0.2) is 0 Å². The molecule has 2 aliphatic heterocycles. The molecule has 1 aromatic carbocycles. The van der Waals surface area contributed by atoms with Crippen molar-refractivity contribution in [2.45, 2.75) is 12.0 Å². The lowest BCUT2D eigenvalue weighted by Crippen LogP contribution is -2.22. The molecule has 0 spiro atoms. The Morgan fingerprint density at radius 1 is 1.08 bits per heavy atom. The second kappa shape index (κ2) is 2.20. The van der Waals surface area contributed by atoms with Crippen molar-refractivity contribution in [3.05, 3.63) is 47.5 Å². The molecule has 0 saturated carbocycles. The zero-order chi connectivity index (χ0) is 7.97. The lowest BCUT2D eigenvalue weighted by Gasteiger charge is -2.33. The van der Waals surface area contributed by atoms with Gasteiger partial charge in [0.2, 0.25) is 0 Å². The monoisotopic (exact) mass is 158 g/mol. The van der Waals surface area contributed by atoms with Gasteiger partial charge in [0.1, 0.15) is 6.10 Å². The second-order valence-corrected chi connectivity index (χ2v) is 3.37. The van der Waals surface area contributed by atoms with Crippen LogP contribution >= 0.6 is 0 Å². The quantitative estimate of drug-likeness (QED) is 0.527. The van der Waals surface area contributed by atoms with Crippen LogP contribution in [0, 0.1) is 0 Å². The van der Waals surface area contributed by atoms with E-state index in [2.05, 4.69) is 36.4 Å². The normalized spacial score (nSPS) is 30.3. The van der Waals surface area contributed by atoms with E-state index < -0.39 is 0 Å². The van der Waals surface area contributed by atoms with Crippen molar-refractivity contribution < 1.29 is 4.74 Å². The molecule has 60 valence electrons. The Balaban J connectivity index is 2.24. The van der Waals surface area contributed by atoms with Crippen LogP contribution in [-0.2, 0) is 4.74 Å². The third kappa shape index (κ3) is 0.718. The van der Waals surface area contributed by atoms with Crippen LogP contribution in [-0.4, -0.2) is 6.61 Å². The van der Waals surface area contributed by atoms with Crippen molar-refractivity contribution >= 4 is 0 Å². The van der Waals surface area contributed by atoms with Crippen molar-refractivity contribution in [2.24, 2.45) is 0 Å². The van der Waals surface area contributed by atoms with Crippen molar-refractivity contribution in [3.8, 4) is 0 Å². The fraction of sp³-hybridized carbons (Fsp3) is 0.273. The first-order valence-corrected chi connectivity index (χ1v) is 4.34. The van der Waals surface area contributed by atoms with E-state index in [0.29, 0.717) is 5.92 Å². The lowest BCUT2D eigenvalue weighted by molar-refractivity contribution is 0.0555. The molecule has 0 fully saturated rings. The first kappa shape index (κ1) is 6.44. The molecule has 0 saturated heterocycles. The molecule has 1 heteroatoms. The number of ether oxygens (including phenoxy) is 1. The van der Waals surface area contributed by atoms with Gasteiger partial charge in [-0.15, -0.1) is 0 Å². The Morgan fingerprint density at radius 2 is 1.92 bits per heavy atom. The van der Waals surface area contributed by atoms with E-state index in [-0.39, 0.29) is 6.10 Å². The van der Waals surface area contributed by atoms with Crippen LogP contribution in [0.15, 0.2) is 36.4 Å². The predicted molar refractivity (Wildman–Crippen MR) is 47.0 cm³/mol. The minimum Gasteiger partial charge on any atom is -0.368 e. The van der Waals surface area contributed by atoms with E-state index in [4.69, 9.17) is 4.74 Å². The van der Waals surface area contributed by atoms with Crippen LogP contribution in [0.3, 0.4) is 0 Å². The average Bonchev–Trinajstić information content (AvgIpc) is 2.20. The Morgan fingerprint density at radius 3 is 2.58 bits per heavy atom. The van der Waals surface area contributed by atoms with Gasteiger partial charge in [-0.1, -0.05) is 36.4 Å². The number of hydrogen-bond acceptors (Lipinski definition) is 1. The van der Waals surface area contributed by atoms with Crippen LogP contribution in [0.25, 0.3) is 0 Å². The molecule has 0 aromatic heterocycles. The van der Waals surface area contributed by atoms with E-state index >= 15 is 0 Å². The van der Waals surface area contributed by atoms with E-state index in [9.17, 15) is 0 Å². The SMILES string of the molecule is C1=CC2OCC1c1ccccc12. The zero-order valence-electron chi connectivity index (χ0n) is 6.73. The van der Waals surface area contributed by atoms with E-state index in [0.717, 1.165) is 6.61 Å². The molecular formula is C11H10O. The molecule has 1 nitrogen and oxygen atoms in total. The minimum absolute atomic E-state index is 0.228. The maximum absolute atomic E-state index is 5.62. The number of benzene rings is 1. The van der Waals surface area contributed by atoms with E-state index in [1.165, 1.54) is 11.1 Å². The fourth-order valence-electron chi connectivity index (χ4n) is 2.05. The zero-order valence-corrected chi connectivity index (χ0v) is 6.73. The minimum atomic E-state index is 0.228. The van der Waals surface area contributed by atoms with Crippen molar-refractivity contribution in [1.82, 2.24) is 0 Å². The fourth-order valence-corrected chi connectivity index (χ4v) is 2.05. The van der Waals surface area contributed by atoms with Crippen molar-refractivity contribution in [3.63, 3.8) is 0 Å². The summed E-state index contributed by atoms with van der Waals surface area (Å²) in [4.78, 5) is 0. The topological polar surface area (TPSA) is 9.23 Å². The molecule has 2 atom stereocenters. The van der Waals surface area contributed by atoms with Crippen LogP contribution in [0.5, 0.6) is 0 Å². The molecular weight excluding hydrogens is 148 g/mol. The van der Waals surface area contributed by atoms with Gasteiger partial charge in [0.25, 0.3) is 0 Å². The summed E-state index contributed by atoms with van der Waals surface area (Å²) in [6, 6.07) is 8.55. The molecule has 4 rings (SSSR count). The highest BCUT2D eigenvalue weighted by atomic mass is 16.5. The summed E-state index contributed by atoms with van der Waals surface area (Å²) in [5.74, 6) is 0.506. The maximum Gasteiger partial charge on any atom is 0.101 e. The highest BCUT2D eigenvalue weighted by molar-refractivity contribution is 5.41. The number of rotatable bonds is 0. The van der Waals surface area contributed by atoms with Crippen LogP contribution < -0.4 is 0 Å². The maximum atomic E-state index is 5.62. The summed E-state index contributed by atoms with van der Waals surface area (Å²) in [6.45, 7) is 0.859. The lowest BCUT2D eigenvalue weighted by atomic mass is 9.84. The first-order valence-electron chi connectivity index (χ1n) is 4.34. The summed E-state index contributed by atoms with van der Waals surface area (Å²) in [5.41, 5.74) is 2.81. The Bertz CT molecular complexity index is 308. The van der Waals surface area contributed by atoms with Gasteiger partial charge in [-0.3, -0.25) is 0 Å². The summed E-state index contributed by atoms with van der Waals surface area (Å²) >= 11 is 0. The van der Waals surface area contributed by atoms with Crippen LogP contribution in [0.2, 0.25) is 0 Å². The molecule has 1 aliphatic carbocycles. The molecule has 0 radical (unpaired) electrons. The van der Waals surface area contributed by atoms with E-state index in [1.54, 1.807) is 0 Å². The standard InChI is InChI=1S/C11H10O/c1-2-4-10-9(3-1)8-5-6-11(10)12-7-8/h1-6,8,11H,7H2. The van der Waals surface area contributed by atoms with E-state index in [1.807, 2.05) is 0 Å². The second-order valence-electron chi connectivity index (χ2n) is 3.37. The van der Waals surface area contributed by atoms with Gasteiger partial charge in [0.05, 0.1) is 6.61 Å². The molecule has 0 N–H and O–H groups in total. The van der Waals surface area contributed by atoms with Crippen LogP contribution in [0.1, 0.15) is 23.1 Å². The predicted octanol–water partition coefficient (Wildman–Crippen LogP) is 2.41. The number of hydrogen-bond donors (Lipinski definition) is 0. The Kier molecular flexibility index (Phi) is 1.18. The smallest absolute Gasteiger partial charge is 0.101 e. The highest BCUT2D eigenvalue weighted by Crippen LogP contribution is 2.39. The largest absolute Gasteiger partial charge is 0.368 e. The third-order valence-corrected chi connectivity index (χ3v) is 2.68. The highest BCUT2D eigenvalue weighted by Gasteiger charge is 2.28. The Labute approximate surface area is 71.7 Å². The average molecular weight is 158 g/mol. The molecule has 12 heavy (non-hydrogen) atoms. The van der Waals surface area contributed by atoms with Crippen LogP contribution in [0.4, 0.5) is 0 Å². The van der Waals surface area contributed by atoms with Gasteiger partial charge >= 0.3 is 0 Å². The molecule has 2 bridgehead atoms.